The Bertz CT molecular complexity index is 546. The van der Waals surface area contributed by atoms with Gasteiger partial charge in [-0.15, -0.1) is 0 Å². The highest BCUT2D eigenvalue weighted by molar-refractivity contribution is 5.94. The Morgan fingerprint density at radius 1 is 1.19 bits per heavy atom. The zero-order chi connectivity index (χ0) is 15.2. The number of carbonyl (C=O) groups is 3. The molecule has 3 rings (SSSR count). The number of piperidine rings is 1. The molecule has 2 saturated heterocycles. The summed E-state index contributed by atoms with van der Waals surface area (Å²) in [5.41, 5.74) is 0.705. The summed E-state index contributed by atoms with van der Waals surface area (Å²) in [6.45, 7) is 3.20. The van der Waals surface area contributed by atoms with Crippen LogP contribution < -0.4 is 0 Å². The molecule has 1 spiro atoms. The third-order valence-electron chi connectivity index (χ3n) is 4.91. The molecule has 2 amide bonds. The second kappa shape index (κ2) is 4.75. The summed E-state index contributed by atoms with van der Waals surface area (Å²) in [5, 5.41) is 8.99. The molecule has 1 N–H and O–H groups in total. The smallest absolute Gasteiger partial charge is 0.407 e. The summed E-state index contributed by atoms with van der Waals surface area (Å²) in [5.74, 6) is -0.348. The van der Waals surface area contributed by atoms with Crippen molar-refractivity contribution in [3.05, 3.63) is 11.3 Å². The monoisotopic (exact) mass is 294 g/mol. The van der Waals surface area contributed by atoms with Crippen molar-refractivity contribution in [2.75, 3.05) is 26.2 Å². The lowest BCUT2D eigenvalue weighted by molar-refractivity contribution is -0.138. The molecule has 0 aromatic rings. The predicted octanol–water partition coefficient (Wildman–Crippen LogP) is 0.810. The number of hydrogen-bond donors (Lipinski definition) is 1. The third-order valence-corrected chi connectivity index (χ3v) is 4.91. The molecule has 114 valence electrons. The van der Waals surface area contributed by atoms with Crippen molar-refractivity contribution in [1.82, 2.24) is 9.80 Å². The van der Waals surface area contributed by atoms with Gasteiger partial charge in [0.15, 0.2) is 0 Å². The maximum atomic E-state index is 12.8. The summed E-state index contributed by atoms with van der Waals surface area (Å²) < 4.78 is 4.97. The van der Waals surface area contributed by atoms with Gasteiger partial charge < -0.3 is 19.6 Å². The molecule has 0 saturated carbocycles. The molecule has 0 aromatic heterocycles. The van der Waals surface area contributed by atoms with E-state index in [2.05, 4.69) is 0 Å². The normalized spacial score (nSPS) is 25.0. The number of cyclic esters (lactones) is 1. The fourth-order valence-corrected chi connectivity index (χ4v) is 3.42. The van der Waals surface area contributed by atoms with Crippen LogP contribution in [0.4, 0.5) is 4.79 Å². The first-order valence-electron chi connectivity index (χ1n) is 7.11. The molecule has 21 heavy (non-hydrogen) atoms. The maximum absolute atomic E-state index is 12.8. The van der Waals surface area contributed by atoms with Gasteiger partial charge in [-0.3, -0.25) is 4.79 Å². The van der Waals surface area contributed by atoms with Crippen molar-refractivity contribution in [1.29, 1.82) is 0 Å². The Labute approximate surface area is 122 Å². The number of ether oxygens (including phenoxy) is 1. The van der Waals surface area contributed by atoms with Crippen molar-refractivity contribution in [2.45, 2.75) is 26.2 Å². The fraction of sp³-hybridized carbons (Fsp3) is 0.643. The van der Waals surface area contributed by atoms with Crippen LogP contribution in [0.5, 0.6) is 0 Å². The van der Waals surface area contributed by atoms with E-state index in [9.17, 15) is 14.4 Å². The topological polar surface area (TPSA) is 87.2 Å². The Kier molecular flexibility index (Phi) is 3.15. The molecule has 2 fully saturated rings. The third kappa shape index (κ3) is 2.07. The molecule has 0 radical (unpaired) electrons. The van der Waals surface area contributed by atoms with E-state index < -0.39 is 11.5 Å². The van der Waals surface area contributed by atoms with Crippen molar-refractivity contribution in [3.8, 4) is 0 Å². The van der Waals surface area contributed by atoms with Gasteiger partial charge in [-0.1, -0.05) is 0 Å². The lowest BCUT2D eigenvalue weighted by Gasteiger charge is -2.36. The van der Waals surface area contributed by atoms with Crippen LogP contribution in [0.1, 0.15) is 26.2 Å². The molecule has 3 heterocycles. The van der Waals surface area contributed by atoms with Crippen LogP contribution in [-0.2, 0) is 14.3 Å². The fourth-order valence-electron chi connectivity index (χ4n) is 3.42. The van der Waals surface area contributed by atoms with Gasteiger partial charge in [-0.05, 0) is 26.2 Å². The lowest BCUT2D eigenvalue weighted by atomic mass is 9.77. The number of carbonyl (C=O) groups excluding carboxylic acids is 2. The largest absolute Gasteiger partial charge is 0.465 e. The zero-order valence-corrected chi connectivity index (χ0v) is 11.9. The summed E-state index contributed by atoms with van der Waals surface area (Å²) in [4.78, 5) is 38.2. The number of amides is 2. The average Bonchev–Trinajstić information content (AvgIpc) is 2.94. The van der Waals surface area contributed by atoms with E-state index in [0.29, 0.717) is 50.2 Å². The summed E-state index contributed by atoms with van der Waals surface area (Å²) in [6.07, 6.45) is 0.885. The van der Waals surface area contributed by atoms with Crippen LogP contribution >= 0.6 is 0 Å². The van der Waals surface area contributed by atoms with Gasteiger partial charge in [-0.25, -0.2) is 9.59 Å². The summed E-state index contributed by atoms with van der Waals surface area (Å²) in [7, 11) is 0. The van der Waals surface area contributed by atoms with E-state index in [1.807, 2.05) is 0 Å². The SMILES string of the molecule is CC1=C(N2CCC3(CCN(C(=O)O)CC3)C2=O)COC1=O. The summed E-state index contributed by atoms with van der Waals surface area (Å²) in [6, 6.07) is 0. The molecule has 0 bridgehead atoms. The van der Waals surface area contributed by atoms with Crippen molar-refractivity contribution in [3.63, 3.8) is 0 Å². The molecule has 0 aromatic carbocycles. The van der Waals surface area contributed by atoms with Crippen LogP contribution in [0.3, 0.4) is 0 Å². The first-order valence-corrected chi connectivity index (χ1v) is 7.11. The Hall–Kier alpha value is -2.05. The molecule has 7 nitrogen and oxygen atoms in total. The average molecular weight is 294 g/mol. The van der Waals surface area contributed by atoms with Gasteiger partial charge >= 0.3 is 12.1 Å². The van der Waals surface area contributed by atoms with E-state index in [1.54, 1.807) is 11.8 Å². The number of carboxylic acid groups (broad SMARTS) is 1. The highest BCUT2D eigenvalue weighted by Gasteiger charge is 2.50. The molecular formula is C14H18N2O5. The van der Waals surface area contributed by atoms with Crippen molar-refractivity contribution < 1.29 is 24.2 Å². The van der Waals surface area contributed by atoms with Gasteiger partial charge in [0.2, 0.25) is 5.91 Å². The van der Waals surface area contributed by atoms with E-state index in [1.165, 1.54) is 4.90 Å². The number of likely N-dealkylation sites (tertiary alicyclic amines) is 2. The van der Waals surface area contributed by atoms with Gasteiger partial charge in [-0.2, -0.15) is 0 Å². The molecule has 0 aliphatic carbocycles. The maximum Gasteiger partial charge on any atom is 0.407 e. The van der Waals surface area contributed by atoms with Crippen LogP contribution in [0.2, 0.25) is 0 Å². The quantitative estimate of drug-likeness (QED) is 0.723. The van der Waals surface area contributed by atoms with E-state index >= 15 is 0 Å². The molecule has 0 atom stereocenters. The molecule has 7 heteroatoms. The number of esters is 1. The second-order valence-corrected chi connectivity index (χ2v) is 5.90. The van der Waals surface area contributed by atoms with Gasteiger partial charge in [0.25, 0.3) is 0 Å². The minimum Gasteiger partial charge on any atom is -0.465 e. The highest BCUT2D eigenvalue weighted by Crippen LogP contribution is 2.43. The molecule has 3 aliphatic rings. The zero-order valence-electron chi connectivity index (χ0n) is 11.9. The van der Waals surface area contributed by atoms with E-state index in [-0.39, 0.29) is 18.5 Å². The van der Waals surface area contributed by atoms with E-state index in [4.69, 9.17) is 9.84 Å². The number of nitrogens with zero attached hydrogens (tertiary/aromatic N) is 2. The number of hydrogen-bond acceptors (Lipinski definition) is 4. The molecule has 3 aliphatic heterocycles. The number of rotatable bonds is 1. The van der Waals surface area contributed by atoms with Gasteiger partial charge in [0.05, 0.1) is 16.7 Å². The van der Waals surface area contributed by atoms with Crippen LogP contribution in [0.25, 0.3) is 0 Å². The van der Waals surface area contributed by atoms with Gasteiger partial charge in [0, 0.05) is 19.6 Å². The first-order chi connectivity index (χ1) is 9.94. The Morgan fingerprint density at radius 3 is 2.33 bits per heavy atom. The molecular weight excluding hydrogens is 276 g/mol. The lowest BCUT2D eigenvalue weighted by Crippen LogP contribution is -2.46. The van der Waals surface area contributed by atoms with Gasteiger partial charge in [0.1, 0.15) is 6.61 Å². The molecule has 0 unspecified atom stereocenters. The van der Waals surface area contributed by atoms with Crippen LogP contribution in [0.15, 0.2) is 11.3 Å². The van der Waals surface area contributed by atoms with Crippen LogP contribution in [-0.4, -0.2) is 59.1 Å². The van der Waals surface area contributed by atoms with E-state index in [0.717, 1.165) is 0 Å². The second-order valence-electron chi connectivity index (χ2n) is 5.90. The highest BCUT2D eigenvalue weighted by atomic mass is 16.5. The van der Waals surface area contributed by atoms with Crippen LogP contribution in [0, 0.1) is 5.41 Å². The first kappa shape index (κ1) is 13.9. The van der Waals surface area contributed by atoms with Crippen molar-refractivity contribution in [2.24, 2.45) is 5.41 Å². The predicted molar refractivity (Wildman–Crippen MR) is 71.3 cm³/mol. The standard InChI is InChI=1S/C14H18N2O5/c1-9-10(8-21-11(9)17)16-7-4-14(12(16)18)2-5-15(6-3-14)13(19)20/h2-8H2,1H3,(H,19,20). The Balaban J connectivity index is 1.76. The summed E-state index contributed by atoms with van der Waals surface area (Å²) >= 11 is 0. The minimum atomic E-state index is -0.930. The minimum absolute atomic E-state index is 0.0141. The Morgan fingerprint density at radius 2 is 1.81 bits per heavy atom. The van der Waals surface area contributed by atoms with Crippen molar-refractivity contribution >= 4 is 18.0 Å².